The van der Waals surface area contributed by atoms with E-state index in [9.17, 15) is 4.79 Å². The number of halogens is 2. The minimum Gasteiger partial charge on any atom is -0.306 e. The van der Waals surface area contributed by atoms with Crippen LogP contribution in [0.25, 0.3) is 0 Å². The molecular formula is C11H16Cl2N2O. The lowest BCUT2D eigenvalue weighted by atomic mass is 9.93. The van der Waals surface area contributed by atoms with E-state index < -0.39 is 0 Å². The molecule has 0 aliphatic rings. The lowest BCUT2D eigenvalue weighted by Crippen LogP contribution is -2.31. The van der Waals surface area contributed by atoms with Crippen LogP contribution < -0.4 is 5.56 Å². The molecule has 0 saturated carbocycles. The normalized spacial score (nSPS) is 11.8. The van der Waals surface area contributed by atoms with E-state index in [4.69, 9.17) is 23.2 Å². The second kappa shape index (κ2) is 5.19. The van der Waals surface area contributed by atoms with Crippen LogP contribution in [0.3, 0.4) is 0 Å². The standard InChI is InChI=1S/C11H16Cl2N2O/c1-6(2)9(7(3)4)15-5-8(12)14-10(13)11(15)16/h5-7,9H,1-4H3. The summed E-state index contributed by atoms with van der Waals surface area (Å²) in [6.07, 6.45) is 1.56. The molecule has 0 atom stereocenters. The minimum atomic E-state index is -0.279. The SMILES string of the molecule is CC(C)C(C(C)C)n1cc(Cl)nc(Cl)c1=O. The Labute approximate surface area is 105 Å². The third kappa shape index (κ3) is 2.77. The average Bonchev–Trinajstić information content (AvgIpc) is 2.12. The molecule has 0 aliphatic heterocycles. The molecule has 3 nitrogen and oxygen atoms in total. The largest absolute Gasteiger partial charge is 0.306 e. The van der Waals surface area contributed by atoms with E-state index in [1.165, 1.54) is 0 Å². The van der Waals surface area contributed by atoms with Gasteiger partial charge in [-0.3, -0.25) is 4.79 Å². The summed E-state index contributed by atoms with van der Waals surface area (Å²) in [6.45, 7) is 8.28. The predicted octanol–water partition coefficient (Wildman–Crippen LogP) is 3.40. The third-order valence-corrected chi connectivity index (χ3v) is 2.98. The molecule has 5 heteroatoms. The molecule has 90 valence electrons. The fraction of sp³-hybridized carbons (Fsp3) is 0.636. The van der Waals surface area contributed by atoms with E-state index in [0.717, 1.165) is 0 Å². The first-order valence-electron chi connectivity index (χ1n) is 5.28. The summed E-state index contributed by atoms with van der Waals surface area (Å²) in [7, 11) is 0. The molecule has 16 heavy (non-hydrogen) atoms. The molecule has 0 aromatic carbocycles. The Morgan fingerprint density at radius 2 is 1.69 bits per heavy atom. The van der Waals surface area contributed by atoms with Crippen LogP contribution >= 0.6 is 23.2 Å². The number of hydrogen-bond donors (Lipinski definition) is 0. The summed E-state index contributed by atoms with van der Waals surface area (Å²) < 4.78 is 1.59. The van der Waals surface area contributed by atoms with Gasteiger partial charge < -0.3 is 4.57 Å². The molecule has 0 unspecified atom stereocenters. The number of aromatic nitrogens is 2. The van der Waals surface area contributed by atoms with Crippen molar-refractivity contribution < 1.29 is 0 Å². The molecule has 1 aromatic heterocycles. The molecule has 0 spiro atoms. The van der Waals surface area contributed by atoms with Gasteiger partial charge in [0.25, 0.3) is 5.56 Å². The van der Waals surface area contributed by atoms with Crippen LogP contribution in [0.1, 0.15) is 33.7 Å². The molecule has 0 aliphatic carbocycles. The van der Waals surface area contributed by atoms with Gasteiger partial charge in [0, 0.05) is 12.2 Å². The van der Waals surface area contributed by atoms with Gasteiger partial charge in [0.15, 0.2) is 5.15 Å². The van der Waals surface area contributed by atoms with Gasteiger partial charge in [-0.2, -0.15) is 0 Å². The second-order valence-electron chi connectivity index (χ2n) is 4.55. The number of hydrogen-bond acceptors (Lipinski definition) is 2. The average molecular weight is 263 g/mol. The quantitative estimate of drug-likeness (QED) is 0.837. The van der Waals surface area contributed by atoms with Crippen molar-refractivity contribution >= 4 is 23.2 Å². The Bertz CT molecular complexity index is 418. The van der Waals surface area contributed by atoms with Crippen molar-refractivity contribution in [3.05, 3.63) is 26.9 Å². The zero-order valence-corrected chi connectivity index (χ0v) is 11.4. The van der Waals surface area contributed by atoms with E-state index in [0.29, 0.717) is 11.8 Å². The van der Waals surface area contributed by atoms with Crippen molar-refractivity contribution in [1.29, 1.82) is 0 Å². The topological polar surface area (TPSA) is 34.9 Å². The molecule has 0 radical (unpaired) electrons. The van der Waals surface area contributed by atoms with Crippen molar-refractivity contribution in [2.24, 2.45) is 11.8 Å². The van der Waals surface area contributed by atoms with Gasteiger partial charge >= 0.3 is 0 Å². The molecule has 0 bridgehead atoms. The fourth-order valence-corrected chi connectivity index (χ4v) is 2.51. The first kappa shape index (κ1) is 13.5. The molecular weight excluding hydrogens is 247 g/mol. The summed E-state index contributed by atoms with van der Waals surface area (Å²) in [6, 6.07) is 0.0745. The van der Waals surface area contributed by atoms with Crippen LogP contribution in [0.15, 0.2) is 11.0 Å². The van der Waals surface area contributed by atoms with Gasteiger partial charge in [-0.1, -0.05) is 50.9 Å². The van der Waals surface area contributed by atoms with Crippen LogP contribution in [0.5, 0.6) is 0 Å². The van der Waals surface area contributed by atoms with Gasteiger partial charge in [0.1, 0.15) is 5.15 Å². The summed E-state index contributed by atoms with van der Waals surface area (Å²) in [5.41, 5.74) is -0.279. The van der Waals surface area contributed by atoms with Crippen LogP contribution in [-0.2, 0) is 0 Å². The van der Waals surface area contributed by atoms with Crippen molar-refractivity contribution in [3.63, 3.8) is 0 Å². The van der Waals surface area contributed by atoms with Crippen molar-refractivity contribution in [2.75, 3.05) is 0 Å². The van der Waals surface area contributed by atoms with Gasteiger partial charge in [-0.15, -0.1) is 0 Å². The monoisotopic (exact) mass is 262 g/mol. The molecule has 1 rings (SSSR count). The van der Waals surface area contributed by atoms with E-state index >= 15 is 0 Å². The molecule has 0 N–H and O–H groups in total. The zero-order valence-electron chi connectivity index (χ0n) is 9.87. The van der Waals surface area contributed by atoms with Crippen molar-refractivity contribution in [2.45, 2.75) is 33.7 Å². The minimum absolute atomic E-state index is 0.0706. The lowest BCUT2D eigenvalue weighted by molar-refractivity contribution is 0.280. The zero-order chi connectivity index (χ0) is 12.5. The smallest absolute Gasteiger partial charge is 0.288 e. The lowest BCUT2D eigenvalue weighted by Gasteiger charge is -2.27. The molecule has 0 amide bonds. The maximum Gasteiger partial charge on any atom is 0.288 e. The predicted molar refractivity (Wildman–Crippen MR) is 67.2 cm³/mol. The summed E-state index contributed by atoms with van der Waals surface area (Å²) in [4.78, 5) is 15.6. The Kier molecular flexibility index (Phi) is 4.39. The summed E-state index contributed by atoms with van der Waals surface area (Å²) in [5.74, 6) is 0.652. The van der Waals surface area contributed by atoms with Crippen molar-refractivity contribution in [3.8, 4) is 0 Å². The summed E-state index contributed by atoms with van der Waals surface area (Å²) >= 11 is 11.6. The van der Waals surface area contributed by atoms with Crippen molar-refractivity contribution in [1.82, 2.24) is 9.55 Å². The van der Waals surface area contributed by atoms with E-state index in [-0.39, 0.29) is 21.9 Å². The third-order valence-electron chi connectivity index (χ3n) is 2.55. The van der Waals surface area contributed by atoms with E-state index in [1.807, 2.05) is 0 Å². The molecule has 1 heterocycles. The Balaban J connectivity index is 3.35. The van der Waals surface area contributed by atoms with E-state index in [1.54, 1.807) is 10.8 Å². The van der Waals surface area contributed by atoms with Crippen LogP contribution in [-0.4, -0.2) is 9.55 Å². The van der Waals surface area contributed by atoms with Gasteiger partial charge in [0.2, 0.25) is 0 Å². The molecule has 0 fully saturated rings. The molecule has 0 saturated heterocycles. The van der Waals surface area contributed by atoms with E-state index in [2.05, 4.69) is 32.7 Å². The summed E-state index contributed by atoms with van der Waals surface area (Å²) in [5, 5.41) is 0.176. The van der Waals surface area contributed by atoms with Gasteiger partial charge in [-0.25, -0.2) is 4.98 Å². The van der Waals surface area contributed by atoms with Crippen LogP contribution in [0, 0.1) is 11.8 Å². The first-order chi connectivity index (χ1) is 7.34. The highest BCUT2D eigenvalue weighted by atomic mass is 35.5. The number of rotatable bonds is 3. The highest BCUT2D eigenvalue weighted by Gasteiger charge is 2.22. The van der Waals surface area contributed by atoms with Crippen LogP contribution in [0.4, 0.5) is 0 Å². The fourth-order valence-electron chi connectivity index (χ4n) is 2.08. The van der Waals surface area contributed by atoms with Gasteiger partial charge in [-0.05, 0) is 11.8 Å². The first-order valence-corrected chi connectivity index (χ1v) is 6.04. The van der Waals surface area contributed by atoms with Crippen LogP contribution in [0.2, 0.25) is 10.3 Å². The Hall–Kier alpha value is -0.540. The maximum absolute atomic E-state index is 11.9. The van der Waals surface area contributed by atoms with Gasteiger partial charge in [0.05, 0.1) is 0 Å². The maximum atomic E-state index is 11.9. The Morgan fingerprint density at radius 3 is 2.12 bits per heavy atom. The highest BCUT2D eigenvalue weighted by Crippen LogP contribution is 2.25. The molecule has 1 aromatic rings. The second-order valence-corrected chi connectivity index (χ2v) is 5.29. The Morgan fingerprint density at radius 1 is 1.19 bits per heavy atom. The number of nitrogens with zero attached hydrogens (tertiary/aromatic N) is 2. The highest BCUT2D eigenvalue weighted by molar-refractivity contribution is 6.32.